The molecule has 4 rings (SSSR count). The molecule has 11 heteroatoms. The molecule has 1 aliphatic heterocycles. The molecule has 1 N–H and O–H groups in total. The average Bonchev–Trinajstić information content (AvgIpc) is 3.00. The van der Waals surface area contributed by atoms with Crippen LogP contribution >= 0.6 is 11.6 Å². The molecule has 3 aromatic carbocycles. The van der Waals surface area contributed by atoms with Gasteiger partial charge < -0.3 is 19.9 Å². The number of hydrogen-bond acceptors (Lipinski definition) is 5. The Bertz CT molecular complexity index is 1450. The van der Waals surface area contributed by atoms with Gasteiger partial charge in [0.05, 0.1) is 18.6 Å². The topological polar surface area (TPSA) is 99.3 Å². The van der Waals surface area contributed by atoms with E-state index in [0.29, 0.717) is 55.4 Å². The molecule has 0 aliphatic carbocycles. The van der Waals surface area contributed by atoms with E-state index in [4.69, 9.17) is 16.3 Å². The van der Waals surface area contributed by atoms with Crippen LogP contribution in [0.4, 0.5) is 10.5 Å². The van der Waals surface area contributed by atoms with Crippen LogP contribution < -0.4 is 10.1 Å². The van der Waals surface area contributed by atoms with E-state index in [1.165, 1.54) is 4.31 Å². The number of nitrogens with zero attached hydrogens (tertiary/aromatic N) is 3. The molecule has 0 radical (unpaired) electrons. The van der Waals surface area contributed by atoms with E-state index < -0.39 is 10.0 Å². The van der Waals surface area contributed by atoms with Crippen LogP contribution in [0, 0.1) is 0 Å². The SMILES string of the molecule is CCCN(CC(=O)N(Cc1ccc(OC)cc1)C1CCN(C(=O)Nc2cccc(Cl)c2)CC1)S(=O)(=O)c1ccccc1. The Morgan fingerprint density at radius 1 is 1.00 bits per heavy atom. The van der Waals surface area contributed by atoms with Gasteiger partial charge in [0.2, 0.25) is 15.9 Å². The number of ether oxygens (including phenoxy) is 1. The third-order valence-corrected chi connectivity index (χ3v) is 9.36. The summed E-state index contributed by atoms with van der Waals surface area (Å²) in [4.78, 5) is 30.5. The van der Waals surface area contributed by atoms with Crippen LogP contribution in [0.3, 0.4) is 0 Å². The number of hydrogen-bond donors (Lipinski definition) is 1. The number of likely N-dealkylation sites (tertiary alicyclic amines) is 1. The number of sulfonamides is 1. The van der Waals surface area contributed by atoms with Gasteiger partial charge in [-0.3, -0.25) is 4.79 Å². The van der Waals surface area contributed by atoms with Gasteiger partial charge in [-0.05, 0) is 67.3 Å². The van der Waals surface area contributed by atoms with Crippen LogP contribution in [0.15, 0.2) is 83.8 Å². The van der Waals surface area contributed by atoms with E-state index in [2.05, 4.69) is 5.32 Å². The van der Waals surface area contributed by atoms with Crippen molar-refractivity contribution in [3.8, 4) is 5.75 Å². The number of halogens is 1. The lowest BCUT2D eigenvalue weighted by Crippen LogP contribution is -2.51. The van der Waals surface area contributed by atoms with Crippen LogP contribution in [0.1, 0.15) is 31.7 Å². The molecule has 1 fully saturated rings. The number of carbonyl (C=O) groups excluding carboxylic acids is 2. The predicted molar refractivity (Wildman–Crippen MR) is 164 cm³/mol. The van der Waals surface area contributed by atoms with Crippen LogP contribution in [0.25, 0.3) is 0 Å². The number of nitrogens with one attached hydrogen (secondary N) is 1. The van der Waals surface area contributed by atoms with Crippen molar-refractivity contribution in [3.05, 3.63) is 89.4 Å². The van der Waals surface area contributed by atoms with Gasteiger partial charge in [0.25, 0.3) is 0 Å². The third-order valence-electron chi connectivity index (χ3n) is 7.27. The zero-order valence-corrected chi connectivity index (χ0v) is 25.5. The van der Waals surface area contributed by atoms with Crippen molar-refractivity contribution in [2.24, 2.45) is 0 Å². The first kappa shape index (κ1) is 31.3. The normalized spacial score (nSPS) is 14.0. The average molecular weight is 613 g/mol. The zero-order chi connectivity index (χ0) is 30.1. The maximum Gasteiger partial charge on any atom is 0.321 e. The van der Waals surface area contributed by atoms with Gasteiger partial charge in [0.15, 0.2) is 0 Å². The minimum Gasteiger partial charge on any atom is -0.497 e. The fourth-order valence-electron chi connectivity index (χ4n) is 5.01. The van der Waals surface area contributed by atoms with Gasteiger partial charge in [-0.2, -0.15) is 4.31 Å². The maximum atomic E-state index is 13.9. The van der Waals surface area contributed by atoms with Crippen LogP contribution in [0.2, 0.25) is 5.02 Å². The summed E-state index contributed by atoms with van der Waals surface area (Å²) in [5, 5.41) is 3.41. The lowest BCUT2D eigenvalue weighted by atomic mass is 10.0. The summed E-state index contributed by atoms with van der Waals surface area (Å²) in [5.74, 6) is 0.430. The highest BCUT2D eigenvalue weighted by Crippen LogP contribution is 2.24. The highest BCUT2D eigenvalue weighted by molar-refractivity contribution is 7.89. The molecule has 0 saturated carbocycles. The number of urea groups is 1. The van der Waals surface area contributed by atoms with Crippen molar-refractivity contribution in [2.45, 2.75) is 43.7 Å². The van der Waals surface area contributed by atoms with Crippen molar-refractivity contribution in [3.63, 3.8) is 0 Å². The molecule has 0 atom stereocenters. The zero-order valence-electron chi connectivity index (χ0n) is 23.9. The second-order valence-electron chi connectivity index (χ2n) is 10.2. The molecule has 1 heterocycles. The second kappa shape index (κ2) is 14.5. The van der Waals surface area contributed by atoms with Crippen LogP contribution in [0.5, 0.6) is 5.75 Å². The van der Waals surface area contributed by atoms with Gasteiger partial charge >= 0.3 is 6.03 Å². The van der Waals surface area contributed by atoms with E-state index in [0.717, 1.165) is 5.56 Å². The smallest absolute Gasteiger partial charge is 0.321 e. The molecule has 0 bridgehead atoms. The molecule has 0 unspecified atom stereocenters. The molecular weight excluding hydrogens is 576 g/mol. The minimum atomic E-state index is -3.86. The van der Waals surface area contributed by atoms with E-state index >= 15 is 0 Å². The van der Waals surface area contributed by atoms with Crippen molar-refractivity contribution < 1.29 is 22.7 Å². The van der Waals surface area contributed by atoms with E-state index in [9.17, 15) is 18.0 Å². The van der Waals surface area contributed by atoms with E-state index in [-0.39, 0.29) is 36.0 Å². The second-order valence-corrected chi connectivity index (χ2v) is 12.6. The van der Waals surface area contributed by atoms with Crippen molar-refractivity contribution >= 4 is 39.2 Å². The summed E-state index contributed by atoms with van der Waals surface area (Å²) in [7, 11) is -2.26. The largest absolute Gasteiger partial charge is 0.497 e. The first-order valence-electron chi connectivity index (χ1n) is 14.0. The van der Waals surface area contributed by atoms with Crippen LogP contribution in [-0.2, 0) is 21.4 Å². The maximum absolute atomic E-state index is 13.9. The standard InChI is InChI=1S/C31H37ClN4O5S/c1-3-18-35(42(39,40)29-10-5-4-6-11-29)23-30(37)36(22-24-12-14-28(41-2)15-13-24)27-16-19-34(20-17-27)31(38)33-26-9-7-8-25(32)21-26/h4-15,21,27H,3,16-20,22-23H2,1-2H3,(H,33,38). The Kier molecular flexibility index (Phi) is 10.8. The monoisotopic (exact) mass is 612 g/mol. The van der Waals surface area contributed by atoms with Gasteiger partial charge in [0, 0.05) is 42.9 Å². The number of methoxy groups -OCH3 is 1. The third kappa shape index (κ3) is 8.02. The lowest BCUT2D eigenvalue weighted by molar-refractivity contribution is -0.135. The molecule has 224 valence electrons. The Morgan fingerprint density at radius 2 is 1.69 bits per heavy atom. The number of amides is 3. The molecule has 0 aromatic heterocycles. The summed E-state index contributed by atoms with van der Waals surface area (Å²) in [5.41, 5.74) is 1.51. The highest BCUT2D eigenvalue weighted by atomic mass is 35.5. The molecule has 3 amide bonds. The summed E-state index contributed by atoms with van der Waals surface area (Å²) in [6.45, 7) is 3.05. The summed E-state index contributed by atoms with van der Waals surface area (Å²) >= 11 is 6.05. The van der Waals surface area contributed by atoms with Gasteiger partial charge in [-0.1, -0.05) is 54.9 Å². The predicted octanol–water partition coefficient (Wildman–Crippen LogP) is 5.47. The van der Waals surface area contributed by atoms with Crippen LogP contribution in [-0.4, -0.2) is 73.8 Å². The molecule has 9 nitrogen and oxygen atoms in total. The first-order valence-corrected chi connectivity index (χ1v) is 15.8. The first-order chi connectivity index (χ1) is 20.2. The van der Waals surface area contributed by atoms with Crippen molar-refractivity contribution in [1.82, 2.24) is 14.1 Å². The number of anilines is 1. The molecule has 1 aliphatic rings. The number of rotatable bonds is 11. The number of piperidine rings is 1. The van der Waals surface area contributed by atoms with Gasteiger partial charge in [-0.25, -0.2) is 13.2 Å². The quantitative estimate of drug-likeness (QED) is 0.309. The Labute approximate surface area is 253 Å². The Hall–Kier alpha value is -3.60. The fourth-order valence-corrected chi connectivity index (χ4v) is 6.71. The number of carbonyl (C=O) groups is 2. The summed E-state index contributed by atoms with van der Waals surface area (Å²) in [6, 6.07) is 22.2. The van der Waals surface area contributed by atoms with E-state index in [1.54, 1.807) is 71.5 Å². The molecule has 3 aromatic rings. The fraction of sp³-hybridized carbons (Fsp3) is 0.355. The van der Waals surface area contributed by atoms with Crippen molar-refractivity contribution in [2.75, 3.05) is 38.6 Å². The molecule has 42 heavy (non-hydrogen) atoms. The Morgan fingerprint density at radius 3 is 2.31 bits per heavy atom. The lowest BCUT2D eigenvalue weighted by Gasteiger charge is -2.39. The Balaban J connectivity index is 1.50. The van der Waals surface area contributed by atoms with Crippen molar-refractivity contribution in [1.29, 1.82) is 0 Å². The minimum absolute atomic E-state index is 0.159. The van der Waals surface area contributed by atoms with Gasteiger partial charge in [-0.15, -0.1) is 0 Å². The highest BCUT2D eigenvalue weighted by Gasteiger charge is 2.33. The van der Waals surface area contributed by atoms with E-state index in [1.807, 2.05) is 31.2 Å². The molecular formula is C31H37ClN4O5S. The number of benzene rings is 3. The molecule has 1 saturated heterocycles. The summed E-state index contributed by atoms with van der Waals surface area (Å²) in [6.07, 6.45) is 1.69. The van der Waals surface area contributed by atoms with Gasteiger partial charge in [0.1, 0.15) is 5.75 Å². The molecule has 0 spiro atoms. The summed E-state index contributed by atoms with van der Waals surface area (Å²) < 4.78 is 33.5.